The lowest BCUT2D eigenvalue weighted by Gasteiger charge is -2.46. The number of aromatic hydroxyl groups is 1. The summed E-state index contributed by atoms with van der Waals surface area (Å²) < 4.78 is 101. The van der Waals surface area contributed by atoms with E-state index in [2.05, 4.69) is 0 Å². The number of benzene rings is 2. The highest BCUT2D eigenvalue weighted by Gasteiger charge is 2.67. The maximum Gasteiger partial charge on any atom is 0.416 e. The maximum absolute atomic E-state index is 14.1. The molecule has 0 aromatic heterocycles. The summed E-state index contributed by atoms with van der Waals surface area (Å²) in [5, 5.41) is 21.3. The Morgan fingerprint density at radius 2 is 1.55 bits per heavy atom. The van der Waals surface area contributed by atoms with Crippen molar-refractivity contribution in [3.63, 3.8) is 0 Å². The summed E-state index contributed by atoms with van der Waals surface area (Å²) in [5.74, 6) is -10.1. The van der Waals surface area contributed by atoms with Crippen molar-refractivity contribution in [1.29, 1.82) is 0 Å². The summed E-state index contributed by atoms with van der Waals surface area (Å²) in [6.07, 6.45) is -11.5. The van der Waals surface area contributed by atoms with Crippen molar-refractivity contribution >= 4 is 17.5 Å². The fourth-order valence-corrected chi connectivity index (χ4v) is 6.42. The molecule has 1 aliphatic carbocycles. The molecule has 0 radical (unpaired) electrons. The number of carbonyl (C=O) groups excluding carboxylic acids is 2. The van der Waals surface area contributed by atoms with Gasteiger partial charge < -0.3 is 14.9 Å². The molecule has 5 rings (SSSR count). The molecule has 3 aliphatic rings. The van der Waals surface area contributed by atoms with Crippen LogP contribution in [0.1, 0.15) is 49.5 Å². The number of aliphatic hydroxyl groups is 1. The van der Waals surface area contributed by atoms with E-state index < -0.39 is 88.1 Å². The number of nitrogens with zero attached hydrogens (tertiary/aromatic N) is 1. The lowest BCUT2D eigenvalue weighted by Crippen LogP contribution is -2.55. The number of phenols is 1. The molecule has 2 aromatic rings. The molecule has 2 heterocycles. The average Bonchev–Trinajstić information content (AvgIpc) is 3.32. The zero-order valence-electron chi connectivity index (χ0n) is 21.1. The molecule has 2 aromatic carbocycles. The molecule has 0 spiro atoms. The first-order chi connectivity index (χ1) is 18.4. The minimum absolute atomic E-state index is 0.0889. The van der Waals surface area contributed by atoms with Crippen LogP contribution >= 0.6 is 0 Å². The summed E-state index contributed by atoms with van der Waals surface area (Å²) >= 11 is 0. The van der Waals surface area contributed by atoms with Crippen molar-refractivity contribution in [2.45, 2.75) is 50.9 Å². The highest BCUT2D eigenvalue weighted by Crippen LogP contribution is 2.60. The van der Waals surface area contributed by atoms with Gasteiger partial charge in [-0.1, -0.05) is 19.9 Å². The smallest absolute Gasteiger partial charge is 0.416 e. The number of imide groups is 1. The quantitative estimate of drug-likeness (QED) is 0.356. The zero-order chi connectivity index (χ0) is 29.5. The van der Waals surface area contributed by atoms with E-state index in [0.717, 1.165) is 12.1 Å². The molecule has 1 saturated carbocycles. The third-order valence-corrected chi connectivity index (χ3v) is 8.26. The van der Waals surface area contributed by atoms with Crippen LogP contribution in [0.4, 0.5) is 36.4 Å². The Balaban J connectivity index is 1.58. The molecule has 2 saturated heterocycles. The van der Waals surface area contributed by atoms with E-state index in [1.807, 2.05) is 0 Å². The molecule has 0 bridgehead atoms. The van der Waals surface area contributed by atoms with Crippen LogP contribution in [0.3, 0.4) is 0 Å². The van der Waals surface area contributed by atoms with E-state index in [1.54, 1.807) is 13.8 Å². The maximum atomic E-state index is 14.1. The summed E-state index contributed by atoms with van der Waals surface area (Å²) in [5.41, 5.74) is -3.99. The van der Waals surface area contributed by atoms with Crippen molar-refractivity contribution < 1.29 is 55.3 Å². The number of ether oxygens (including phenoxy) is 1. The summed E-state index contributed by atoms with van der Waals surface area (Å²) in [7, 11) is 0. The Morgan fingerprint density at radius 1 is 0.950 bits per heavy atom. The molecule has 2 aliphatic heterocycles. The molecule has 13 heteroatoms. The SMILES string of the molecule is CC(C)[C@H]1C[C@@H]2C(=O)N(c3cc(C(F)(F)F)cc(C(F)(F)F)c3)C(=O)[C@@H]2[C@@H]2C[C@@H](c3ccc(O)c(F)c3)O[C@]12O. The number of hydrogen-bond acceptors (Lipinski definition) is 5. The van der Waals surface area contributed by atoms with Gasteiger partial charge in [-0.25, -0.2) is 4.39 Å². The van der Waals surface area contributed by atoms with Crippen LogP contribution in [0.25, 0.3) is 0 Å². The number of fused-ring (bicyclic) bond motifs is 3. The van der Waals surface area contributed by atoms with Crippen LogP contribution in [-0.2, 0) is 26.7 Å². The number of halogens is 7. The normalized spacial score (nSPS) is 30.7. The Bertz CT molecular complexity index is 1340. The minimum atomic E-state index is -5.19. The molecular weight excluding hydrogens is 551 g/mol. The van der Waals surface area contributed by atoms with Gasteiger partial charge in [-0.2, -0.15) is 26.3 Å². The number of phenolic OH excluding ortho intramolecular Hbond substituents is 1. The van der Waals surface area contributed by atoms with Gasteiger partial charge in [-0.3, -0.25) is 14.5 Å². The van der Waals surface area contributed by atoms with Crippen LogP contribution in [0.5, 0.6) is 5.75 Å². The zero-order valence-corrected chi connectivity index (χ0v) is 21.1. The van der Waals surface area contributed by atoms with Crippen LogP contribution < -0.4 is 4.90 Å². The first-order valence-electron chi connectivity index (χ1n) is 12.5. The molecule has 216 valence electrons. The fraction of sp³-hybridized carbons (Fsp3) is 0.481. The molecular formula is C27H24F7NO5. The van der Waals surface area contributed by atoms with Crippen LogP contribution in [0, 0.1) is 35.4 Å². The number of alkyl halides is 6. The number of carbonyl (C=O) groups is 2. The van der Waals surface area contributed by atoms with Crippen LogP contribution in [-0.4, -0.2) is 27.8 Å². The summed E-state index contributed by atoms with van der Waals surface area (Å²) in [4.78, 5) is 27.5. The predicted octanol–water partition coefficient (Wildman–Crippen LogP) is 5.82. The van der Waals surface area contributed by atoms with E-state index in [4.69, 9.17) is 4.74 Å². The van der Waals surface area contributed by atoms with E-state index >= 15 is 0 Å². The molecule has 0 unspecified atom stereocenters. The van der Waals surface area contributed by atoms with Crippen LogP contribution in [0.2, 0.25) is 0 Å². The van der Waals surface area contributed by atoms with Crippen molar-refractivity contribution in [2.75, 3.05) is 4.90 Å². The molecule has 40 heavy (non-hydrogen) atoms. The van der Waals surface area contributed by atoms with Crippen LogP contribution in [0.15, 0.2) is 36.4 Å². The van der Waals surface area contributed by atoms with E-state index in [9.17, 15) is 50.5 Å². The Kier molecular flexibility index (Phi) is 6.49. The third kappa shape index (κ3) is 4.43. The second kappa shape index (κ2) is 9.16. The van der Waals surface area contributed by atoms with Gasteiger partial charge in [0.2, 0.25) is 11.8 Å². The van der Waals surface area contributed by atoms with Gasteiger partial charge in [0.15, 0.2) is 17.4 Å². The number of hydrogen-bond donors (Lipinski definition) is 2. The second-order valence-electron chi connectivity index (χ2n) is 10.9. The van der Waals surface area contributed by atoms with Gasteiger partial charge in [0.1, 0.15) is 0 Å². The molecule has 6 nitrogen and oxygen atoms in total. The Labute approximate surface area is 223 Å². The minimum Gasteiger partial charge on any atom is -0.505 e. The average molecular weight is 575 g/mol. The lowest BCUT2D eigenvalue weighted by atomic mass is 9.62. The van der Waals surface area contributed by atoms with E-state index in [-0.39, 0.29) is 30.4 Å². The van der Waals surface area contributed by atoms with Gasteiger partial charge in [0, 0.05) is 11.8 Å². The summed E-state index contributed by atoms with van der Waals surface area (Å²) in [6, 6.07) is 3.99. The lowest BCUT2D eigenvalue weighted by molar-refractivity contribution is -0.276. The summed E-state index contributed by atoms with van der Waals surface area (Å²) in [6.45, 7) is 3.47. The van der Waals surface area contributed by atoms with Crippen molar-refractivity contribution in [1.82, 2.24) is 0 Å². The Hall–Kier alpha value is -3.19. The highest BCUT2D eigenvalue weighted by atomic mass is 19.4. The monoisotopic (exact) mass is 575 g/mol. The van der Waals surface area contributed by atoms with E-state index in [0.29, 0.717) is 17.0 Å². The number of amides is 2. The second-order valence-corrected chi connectivity index (χ2v) is 10.9. The first-order valence-corrected chi connectivity index (χ1v) is 12.5. The largest absolute Gasteiger partial charge is 0.505 e. The first kappa shape index (κ1) is 28.3. The van der Waals surface area contributed by atoms with E-state index in [1.165, 1.54) is 6.07 Å². The standard InChI is InChI=1S/C27H24F7NO5/c1-11(2)17-9-16-22(18-10-21(40-25(17,18)39)12-3-4-20(36)19(28)5-12)24(38)35(23(16)37)15-7-13(26(29,30)31)6-14(8-15)27(32,33)34/h3-8,11,16-18,21-22,36,39H,9-10H2,1-2H3/t16-,17+,18-,21-,22-,25+/m0/s1. The fourth-order valence-electron chi connectivity index (χ4n) is 6.42. The molecule has 6 atom stereocenters. The Morgan fingerprint density at radius 3 is 2.08 bits per heavy atom. The predicted molar refractivity (Wildman–Crippen MR) is 124 cm³/mol. The van der Waals surface area contributed by atoms with Gasteiger partial charge in [-0.15, -0.1) is 0 Å². The third-order valence-electron chi connectivity index (χ3n) is 8.26. The molecule has 3 fully saturated rings. The molecule has 2 N–H and O–H groups in total. The number of rotatable bonds is 3. The van der Waals surface area contributed by atoms with Gasteiger partial charge in [0.25, 0.3) is 0 Å². The van der Waals surface area contributed by atoms with Gasteiger partial charge in [-0.05, 0) is 54.7 Å². The van der Waals surface area contributed by atoms with Crippen molar-refractivity contribution in [2.24, 2.45) is 29.6 Å². The van der Waals surface area contributed by atoms with Gasteiger partial charge >= 0.3 is 12.4 Å². The van der Waals surface area contributed by atoms with Crippen molar-refractivity contribution in [3.8, 4) is 5.75 Å². The number of anilines is 1. The van der Waals surface area contributed by atoms with Crippen molar-refractivity contribution in [3.05, 3.63) is 58.9 Å². The van der Waals surface area contributed by atoms with Gasteiger partial charge in [0.05, 0.1) is 34.8 Å². The highest BCUT2D eigenvalue weighted by molar-refractivity contribution is 6.22. The molecule has 2 amide bonds. The topological polar surface area (TPSA) is 87.1 Å².